The molecule has 11 nitrogen and oxygen atoms in total. The molecular formula is C28H33ClN8O3. The van der Waals surface area contributed by atoms with Crippen LogP contribution in [-0.4, -0.2) is 67.1 Å². The standard InChI is InChI=1S/C28H33ClN8O3/c1-16-6-8-17(9-7-16)15-37-24-20(32-27(37)36-10-4-5-22(36)26(38)35(2)3)12-21(25-33-28(39)40-34-25)31-23(24)18-11-19(29)14-30-13-18/h11-14,16-17,22H,4-10,15H2,1-3H3,(H,33,34,39)/t16-,17-,22-/m1/s1. The number of nitrogens with one attached hydrogen (secondary N) is 1. The Balaban J connectivity index is 1.58. The number of nitrogens with zero attached hydrogens (tertiary/aromatic N) is 7. The average molecular weight is 565 g/mol. The Kier molecular flexibility index (Phi) is 7.07. The lowest BCUT2D eigenvalue weighted by molar-refractivity contribution is -0.129. The molecule has 1 saturated heterocycles. The van der Waals surface area contributed by atoms with E-state index >= 15 is 0 Å². The monoisotopic (exact) mass is 564 g/mol. The number of likely N-dealkylation sites (N-methyl/N-ethyl adjacent to an activating group) is 1. The van der Waals surface area contributed by atoms with E-state index in [0.29, 0.717) is 27.8 Å². The molecular weight excluding hydrogens is 532 g/mol. The van der Waals surface area contributed by atoms with Gasteiger partial charge in [-0.2, -0.15) is 0 Å². The molecule has 1 saturated carbocycles. The summed E-state index contributed by atoms with van der Waals surface area (Å²) in [6.07, 6.45) is 9.65. The molecule has 2 fully saturated rings. The van der Waals surface area contributed by atoms with Crippen LogP contribution < -0.4 is 10.7 Å². The number of fused-ring (bicyclic) bond motifs is 1. The van der Waals surface area contributed by atoms with Gasteiger partial charge >= 0.3 is 5.76 Å². The van der Waals surface area contributed by atoms with Gasteiger partial charge in [0.1, 0.15) is 11.7 Å². The molecule has 1 aliphatic carbocycles. The molecule has 2 aliphatic rings. The van der Waals surface area contributed by atoms with Gasteiger partial charge in [0.2, 0.25) is 17.7 Å². The van der Waals surface area contributed by atoms with E-state index in [1.54, 1.807) is 31.4 Å². The molecule has 1 atom stereocenters. The minimum absolute atomic E-state index is 0.0702. The van der Waals surface area contributed by atoms with Crippen LogP contribution in [0.1, 0.15) is 45.4 Å². The van der Waals surface area contributed by atoms with Gasteiger partial charge in [-0.3, -0.25) is 19.3 Å². The van der Waals surface area contributed by atoms with Gasteiger partial charge in [-0.15, -0.1) is 0 Å². The van der Waals surface area contributed by atoms with Gasteiger partial charge in [0, 0.05) is 45.1 Å². The Hall–Kier alpha value is -3.73. The van der Waals surface area contributed by atoms with E-state index in [1.165, 1.54) is 12.8 Å². The second-order valence-electron chi connectivity index (χ2n) is 11.3. The van der Waals surface area contributed by atoms with Crippen LogP contribution in [0, 0.1) is 11.8 Å². The third-order valence-electron chi connectivity index (χ3n) is 8.18. The second kappa shape index (κ2) is 10.7. The number of hydrogen-bond acceptors (Lipinski definition) is 8. The van der Waals surface area contributed by atoms with Crippen molar-refractivity contribution in [3.8, 4) is 22.8 Å². The molecule has 0 unspecified atom stereocenters. The molecule has 4 aromatic rings. The van der Waals surface area contributed by atoms with Crippen LogP contribution in [0.25, 0.3) is 33.8 Å². The van der Waals surface area contributed by atoms with Crippen LogP contribution in [0.3, 0.4) is 0 Å². The highest BCUT2D eigenvalue weighted by molar-refractivity contribution is 6.30. The maximum Gasteiger partial charge on any atom is 0.439 e. The summed E-state index contributed by atoms with van der Waals surface area (Å²) in [6.45, 7) is 3.82. The number of amides is 1. The zero-order chi connectivity index (χ0) is 28.0. The van der Waals surface area contributed by atoms with Crippen LogP contribution in [0.4, 0.5) is 5.95 Å². The maximum absolute atomic E-state index is 13.2. The second-order valence-corrected chi connectivity index (χ2v) is 11.7. The van der Waals surface area contributed by atoms with Crippen molar-refractivity contribution in [2.45, 2.75) is 58.0 Å². The smallest absolute Gasteiger partial charge is 0.347 e. The minimum Gasteiger partial charge on any atom is -0.347 e. The van der Waals surface area contributed by atoms with Crippen LogP contribution in [-0.2, 0) is 11.3 Å². The SMILES string of the molecule is CN(C)C(=O)[C@H]1CCCN1c1nc2cc(-c3noc(=O)[nH]3)nc(-c3cncc(Cl)c3)c2n1C[C@H]1CC[C@H](C)CC1. The molecule has 40 heavy (non-hydrogen) atoms. The number of carbonyl (C=O) groups excluding carboxylic acids is 1. The number of hydrogen-bond donors (Lipinski definition) is 1. The summed E-state index contributed by atoms with van der Waals surface area (Å²) in [4.78, 5) is 45.8. The first-order valence-corrected chi connectivity index (χ1v) is 14.2. The summed E-state index contributed by atoms with van der Waals surface area (Å²) in [6, 6.07) is 3.35. The van der Waals surface area contributed by atoms with E-state index in [1.807, 2.05) is 12.1 Å². The molecule has 1 amide bonds. The van der Waals surface area contributed by atoms with E-state index in [4.69, 9.17) is 26.1 Å². The molecule has 0 bridgehead atoms. The number of H-pyrrole nitrogens is 1. The fourth-order valence-corrected chi connectivity index (χ4v) is 6.25. The topological polar surface area (TPSA) is 126 Å². The van der Waals surface area contributed by atoms with E-state index in [2.05, 4.69) is 31.5 Å². The highest BCUT2D eigenvalue weighted by Crippen LogP contribution is 2.38. The van der Waals surface area contributed by atoms with Crippen molar-refractivity contribution < 1.29 is 9.32 Å². The highest BCUT2D eigenvalue weighted by atomic mass is 35.5. The van der Waals surface area contributed by atoms with Crippen molar-refractivity contribution in [2.24, 2.45) is 11.8 Å². The van der Waals surface area contributed by atoms with Crippen molar-refractivity contribution >= 4 is 34.5 Å². The van der Waals surface area contributed by atoms with Crippen LogP contribution in [0.2, 0.25) is 5.02 Å². The van der Waals surface area contributed by atoms with Crippen molar-refractivity contribution in [3.63, 3.8) is 0 Å². The largest absolute Gasteiger partial charge is 0.439 e. The average Bonchev–Trinajstić information content (AvgIpc) is 3.67. The summed E-state index contributed by atoms with van der Waals surface area (Å²) < 4.78 is 7.01. The Labute approximate surface area is 236 Å². The van der Waals surface area contributed by atoms with Gasteiger partial charge in [-0.05, 0) is 49.7 Å². The lowest BCUT2D eigenvalue weighted by Crippen LogP contribution is -2.44. The highest BCUT2D eigenvalue weighted by Gasteiger charge is 2.36. The molecule has 210 valence electrons. The lowest BCUT2D eigenvalue weighted by Gasteiger charge is -2.30. The van der Waals surface area contributed by atoms with Gasteiger partial charge < -0.3 is 14.4 Å². The third kappa shape index (κ3) is 4.98. The first-order chi connectivity index (χ1) is 19.3. The Morgan fingerprint density at radius 1 is 1.15 bits per heavy atom. The van der Waals surface area contributed by atoms with Crippen molar-refractivity contribution in [1.82, 2.24) is 34.6 Å². The third-order valence-corrected chi connectivity index (χ3v) is 8.38. The molecule has 1 N–H and O–H groups in total. The number of aromatic amines is 1. The van der Waals surface area contributed by atoms with Gasteiger partial charge in [-0.25, -0.2) is 14.8 Å². The van der Waals surface area contributed by atoms with Gasteiger partial charge in [0.15, 0.2) is 0 Å². The Morgan fingerprint density at radius 2 is 1.95 bits per heavy atom. The van der Waals surface area contributed by atoms with E-state index in [0.717, 1.165) is 61.7 Å². The van der Waals surface area contributed by atoms with Gasteiger partial charge in [0.05, 0.1) is 21.7 Å². The normalized spacial score (nSPS) is 21.3. The predicted octanol–water partition coefficient (Wildman–Crippen LogP) is 4.37. The maximum atomic E-state index is 13.2. The van der Waals surface area contributed by atoms with Gasteiger partial charge in [-0.1, -0.05) is 36.5 Å². The fourth-order valence-electron chi connectivity index (χ4n) is 6.07. The van der Waals surface area contributed by atoms with Crippen LogP contribution >= 0.6 is 11.6 Å². The van der Waals surface area contributed by atoms with E-state index in [-0.39, 0.29) is 17.8 Å². The molecule has 12 heteroatoms. The minimum atomic E-state index is -0.664. The molecule has 4 aromatic heterocycles. The molecule has 0 spiro atoms. The fraction of sp³-hybridized carbons (Fsp3) is 0.500. The first kappa shape index (κ1) is 26.5. The van der Waals surface area contributed by atoms with E-state index < -0.39 is 5.76 Å². The number of imidazole rings is 1. The quantitative estimate of drug-likeness (QED) is 0.366. The summed E-state index contributed by atoms with van der Waals surface area (Å²) in [5, 5.41) is 4.35. The van der Waals surface area contributed by atoms with Crippen molar-refractivity contribution in [2.75, 3.05) is 25.5 Å². The molecule has 5 heterocycles. The summed E-state index contributed by atoms with van der Waals surface area (Å²) in [5.74, 6) is 1.59. The molecule has 6 rings (SSSR count). The molecule has 0 aromatic carbocycles. The molecule has 1 aliphatic heterocycles. The predicted molar refractivity (Wildman–Crippen MR) is 152 cm³/mol. The van der Waals surface area contributed by atoms with Crippen molar-refractivity contribution in [3.05, 3.63) is 40.1 Å². The van der Waals surface area contributed by atoms with Crippen LogP contribution in [0.15, 0.2) is 33.8 Å². The first-order valence-electron chi connectivity index (χ1n) is 13.8. The number of halogens is 1. The number of carbonyl (C=O) groups is 1. The number of rotatable bonds is 6. The zero-order valence-electron chi connectivity index (χ0n) is 22.9. The van der Waals surface area contributed by atoms with Gasteiger partial charge in [0.25, 0.3) is 0 Å². The summed E-state index contributed by atoms with van der Waals surface area (Å²) in [7, 11) is 3.59. The summed E-state index contributed by atoms with van der Waals surface area (Å²) in [5.41, 5.74) is 3.29. The van der Waals surface area contributed by atoms with E-state index in [9.17, 15) is 9.59 Å². The Morgan fingerprint density at radius 3 is 2.65 bits per heavy atom. The van der Waals surface area contributed by atoms with Crippen molar-refractivity contribution in [1.29, 1.82) is 0 Å². The lowest BCUT2D eigenvalue weighted by atomic mass is 9.83. The van der Waals surface area contributed by atoms with Crippen LogP contribution in [0.5, 0.6) is 0 Å². The zero-order valence-corrected chi connectivity index (χ0v) is 23.7. The number of aromatic nitrogens is 6. The number of anilines is 1. The molecule has 0 radical (unpaired) electrons. The Bertz CT molecular complexity index is 1600. The summed E-state index contributed by atoms with van der Waals surface area (Å²) >= 11 is 6.37. The number of pyridine rings is 2.